The molecule has 61 heavy (non-hydrogen) atoms. The van der Waals surface area contributed by atoms with Crippen molar-refractivity contribution in [1.82, 2.24) is 4.90 Å². The van der Waals surface area contributed by atoms with Crippen LogP contribution in [-0.2, 0) is 33.3 Å². The van der Waals surface area contributed by atoms with Gasteiger partial charge in [-0.1, -0.05) is 57.2 Å². The molecule has 0 aromatic rings. The molecular weight excluding hydrogens is 779 g/mol. The van der Waals surface area contributed by atoms with Crippen molar-refractivity contribution in [3.63, 3.8) is 0 Å². The molecule has 0 aromatic carbocycles. The second-order valence-electron chi connectivity index (χ2n) is 18.6. The zero-order chi connectivity index (χ0) is 44.6. The van der Waals surface area contributed by atoms with E-state index in [1.54, 1.807) is 25.9 Å². The second-order valence-corrected chi connectivity index (χ2v) is 18.6. The van der Waals surface area contributed by atoms with Crippen LogP contribution >= 0.6 is 0 Å². The van der Waals surface area contributed by atoms with E-state index >= 15 is 0 Å². The molecular formula is C48H77N3O10. The summed E-state index contributed by atoms with van der Waals surface area (Å²) in [6.45, 7) is 10.3. The molecule has 3 aliphatic heterocycles. The number of nitrogens with zero attached hydrogens (tertiary/aromatic N) is 1. The number of hydrogen-bond donors (Lipinski definition) is 4. The molecule has 1 aliphatic carbocycles. The summed E-state index contributed by atoms with van der Waals surface area (Å²) in [6, 6.07) is -0.610. The van der Waals surface area contributed by atoms with Gasteiger partial charge in [-0.15, -0.1) is 0 Å². The van der Waals surface area contributed by atoms with Crippen LogP contribution in [0.3, 0.4) is 0 Å². The van der Waals surface area contributed by atoms with Gasteiger partial charge in [0.25, 0.3) is 5.91 Å². The molecule has 344 valence electrons. The number of ether oxygens (including phenoxy) is 4. The molecule has 2 saturated heterocycles. The van der Waals surface area contributed by atoms with Crippen LogP contribution < -0.4 is 11.5 Å². The number of piperidine rings is 1. The van der Waals surface area contributed by atoms with Gasteiger partial charge in [-0.2, -0.15) is 0 Å². The van der Waals surface area contributed by atoms with Gasteiger partial charge >= 0.3 is 6.09 Å². The highest BCUT2D eigenvalue weighted by molar-refractivity contribution is 6.37. The highest BCUT2D eigenvalue weighted by Gasteiger charge is 2.39. The molecule has 1 saturated carbocycles. The van der Waals surface area contributed by atoms with Crippen LogP contribution in [0, 0.1) is 23.7 Å². The number of amides is 2. The molecule has 3 heterocycles. The van der Waals surface area contributed by atoms with Gasteiger partial charge in [-0.3, -0.25) is 14.4 Å². The Hall–Kier alpha value is -3.20. The standard InChI is InChI=1S/C48H77N3O10/c1-30-13-8-7-9-14-32(3)42(58-6)28-38-16-12-17-41(60-38)45(54)47(56)51-24-11-10-15-36(51)29-59-40(39(49)27-35-19-21-37(22-20-35)61-48(50)57)23-18-31(2)26-34(5)44(53)46(55)43(52)33(4)25-30/h7-9,13-14,26,30-31,33,35-42,44,46,53,55H,10-12,15-25,27-29,49H2,1-6H3,(H2,50,57)/b9-7?,13-8+,32-14?,34-26+/t30-,31?,33-,35?,36+,37?,38+,39-,40+,41?,42+,44-,46+/m1/s1. The summed E-state index contributed by atoms with van der Waals surface area (Å²) in [7, 11) is 1.66. The Morgan fingerprint density at radius 2 is 1.61 bits per heavy atom. The van der Waals surface area contributed by atoms with Gasteiger partial charge in [0.2, 0.25) is 5.78 Å². The Morgan fingerprint density at radius 1 is 0.869 bits per heavy atom. The predicted molar refractivity (Wildman–Crippen MR) is 235 cm³/mol. The van der Waals surface area contributed by atoms with Crippen molar-refractivity contribution in [2.24, 2.45) is 35.1 Å². The van der Waals surface area contributed by atoms with Crippen molar-refractivity contribution >= 4 is 23.6 Å². The number of methoxy groups -OCH3 is 1. The second kappa shape index (κ2) is 25.2. The largest absolute Gasteiger partial charge is 0.446 e. The lowest BCUT2D eigenvalue weighted by Gasteiger charge is -2.38. The minimum Gasteiger partial charge on any atom is -0.446 e. The van der Waals surface area contributed by atoms with Crippen molar-refractivity contribution in [1.29, 1.82) is 0 Å². The minimum atomic E-state index is -1.54. The van der Waals surface area contributed by atoms with Crippen molar-refractivity contribution in [3.8, 4) is 0 Å². The maximum Gasteiger partial charge on any atom is 0.404 e. The molecule has 11 atom stereocenters. The van der Waals surface area contributed by atoms with Gasteiger partial charge < -0.3 is 45.5 Å². The number of allylic oxidation sites excluding steroid dienone is 6. The maximum absolute atomic E-state index is 14.0. The van der Waals surface area contributed by atoms with Gasteiger partial charge in [0, 0.05) is 32.0 Å². The average Bonchev–Trinajstić information content (AvgIpc) is 3.24. The molecule has 4 aliphatic rings. The third-order valence-electron chi connectivity index (χ3n) is 13.4. The van der Waals surface area contributed by atoms with Crippen molar-refractivity contribution in [3.05, 3.63) is 47.6 Å². The van der Waals surface area contributed by atoms with E-state index in [1.165, 1.54) is 0 Å². The van der Waals surface area contributed by atoms with E-state index in [1.807, 2.05) is 57.2 Å². The Labute approximate surface area is 364 Å². The Morgan fingerprint density at radius 3 is 2.31 bits per heavy atom. The lowest BCUT2D eigenvalue weighted by Crippen LogP contribution is -2.53. The monoisotopic (exact) mass is 856 g/mol. The van der Waals surface area contributed by atoms with Crippen LogP contribution in [0.4, 0.5) is 4.79 Å². The highest BCUT2D eigenvalue weighted by Crippen LogP contribution is 2.32. The molecule has 0 aromatic heterocycles. The molecule has 0 spiro atoms. The lowest BCUT2D eigenvalue weighted by atomic mass is 9.82. The number of rotatable bonds is 5. The number of aliphatic hydroxyl groups is 2. The number of Topliss-reactive ketones (excluding diaryl/α,β-unsaturated/α-hetero) is 2. The van der Waals surface area contributed by atoms with Crippen LogP contribution in [-0.4, -0.2) is 114 Å². The average molecular weight is 856 g/mol. The van der Waals surface area contributed by atoms with Gasteiger partial charge in [0.1, 0.15) is 24.4 Å². The van der Waals surface area contributed by atoms with E-state index in [9.17, 15) is 29.4 Å². The van der Waals surface area contributed by atoms with Crippen LogP contribution in [0.1, 0.15) is 131 Å². The number of carbonyl (C=O) groups excluding carboxylic acids is 4. The Balaban J connectivity index is 1.56. The summed E-state index contributed by atoms with van der Waals surface area (Å²) in [5.74, 6) is -1.55. The normalized spacial score (nSPS) is 37.1. The number of hydrogen-bond acceptors (Lipinski definition) is 11. The van der Waals surface area contributed by atoms with E-state index in [4.69, 9.17) is 30.4 Å². The van der Waals surface area contributed by atoms with E-state index in [0.29, 0.717) is 63.0 Å². The van der Waals surface area contributed by atoms with Crippen LogP contribution in [0.5, 0.6) is 0 Å². The number of nitrogens with two attached hydrogens (primary N) is 2. The minimum absolute atomic E-state index is 0.0363. The lowest BCUT2D eigenvalue weighted by molar-refractivity contribution is -0.159. The molecule has 13 nitrogen and oxygen atoms in total. The fourth-order valence-corrected chi connectivity index (χ4v) is 9.67. The predicted octanol–water partition coefficient (Wildman–Crippen LogP) is 6.42. The highest BCUT2D eigenvalue weighted by atomic mass is 16.6. The summed E-state index contributed by atoms with van der Waals surface area (Å²) in [5.41, 5.74) is 13.8. The number of primary amides is 1. The third-order valence-corrected chi connectivity index (χ3v) is 13.4. The van der Waals surface area contributed by atoms with E-state index < -0.39 is 47.8 Å². The summed E-state index contributed by atoms with van der Waals surface area (Å²) in [5, 5.41) is 22.1. The third kappa shape index (κ3) is 15.8. The van der Waals surface area contributed by atoms with Crippen LogP contribution in [0.2, 0.25) is 0 Å². The van der Waals surface area contributed by atoms with E-state index in [-0.39, 0.29) is 54.9 Å². The molecule has 4 rings (SSSR count). The smallest absolute Gasteiger partial charge is 0.404 e. The maximum atomic E-state index is 14.0. The summed E-state index contributed by atoms with van der Waals surface area (Å²) in [4.78, 5) is 54.2. The SMILES string of the molecule is CO[C@H]1C[C@@H]2CCCC(O2)C(=O)C(=O)N2CCCC[C@H]2CO[C@H]([C@H](N)CC2CCC(OC(N)=O)CC2)CCC(C)/C=C(\C)[C@@H](O)[C@@H](O)C(=O)[C@H](C)C[C@H](C)/C=C/C=CC=C1C. The number of ketones is 2. The first-order valence-corrected chi connectivity index (χ1v) is 23.0. The first-order chi connectivity index (χ1) is 29.1. The van der Waals surface area contributed by atoms with Crippen molar-refractivity contribution < 1.29 is 48.3 Å². The van der Waals surface area contributed by atoms with E-state index in [0.717, 1.165) is 56.9 Å². The molecule has 13 heteroatoms. The van der Waals surface area contributed by atoms with Gasteiger partial charge in [0.05, 0.1) is 31.0 Å². The van der Waals surface area contributed by atoms with E-state index in [2.05, 4.69) is 0 Å². The number of fused-ring (bicyclic) bond motifs is 3. The summed E-state index contributed by atoms with van der Waals surface area (Å²) < 4.78 is 24.1. The molecule has 3 fully saturated rings. The number of carbonyl (C=O) groups is 4. The topological polar surface area (TPSA) is 201 Å². The summed E-state index contributed by atoms with van der Waals surface area (Å²) in [6.07, 6.45) is 16.9. The first kappa shape index (κ1) is 50.4. The van der Waals surface area contributed by atoms with Gasteiger partial charge in [-0.25, -0.2) is 4.79 Å². The Kier molecular flexibility index (Phi) is 20.8. The van der Waals surface area contributed by atoms with Crippen molar-refractivity contribution in [2.75, 3.05) is 20.3 Å². The Bertz CT molecular complexity index is 1550. The molecule has 2 bridgehead atoms. The molecule has 0 radical (unpaired) electrons. The van der Waals surface area contributed by atoms with Crippen molar-refractivity contribution in [2.45, 2.75) is 186 Å². The quantitative estimate of drug-likeness (QED) is 0.176. The molecule has 6 N–H and O–H groups in total. The fraction of sp³-hybridized carbons (Fsp3) is 0.750. The summed E-state index contributed by atoms with van der Waals surface area (Å²) >= 11 is 0. The number of aliphatic hydroxyl groups excluding tert-OH is 2. The first-order valence-electron chi connectivity index (χ1n) is 23.0. The zero-order valence-electron chi connectivity index (χ0n) is 37.8. The zero-order valence-corrected chi connectivity index (χ0v) is 37.8. The van der Waals surface area contributed by atoms with Crippen LogP contribution in [0.25, 0.3) is 0 Å². The fourth-order valence-electron chi connectivity index (χ4n) is 9.67. The van der Waals surface area contributed by atoms with Crippen LogP contribution in [0.15, 0.2) is 47.6 Å². The molecule has 2 unspecified atom stereocenters. The van der Waals surface area contributed by atoms with Gasteiger partial charge in [-0.05, 0) is 133 Å². The van der Waals surface area contributed by atoms with Gasteiger partial charge in [0.15, 0.2) is 5.78 Å². The molecule has 2 amide bonds.